The minimum Gasteiger partial charge on any atom is -0.387 e. The molecular formula is C24H43N5O3S. The van der Waals surface area contributed by atoms with Gasteiger partial charge in [0, 0.05) is 30.6 Å². The number of likely N-dealkylation sites (tertiary alicyclic amines) is 1. The Labute approximate surface area is 199 Å². The minimum absolute atomic E-state index is 0.0327. The van der Waals surface area contributed by atoms with Crippen molar-refractivity contribution in [3.8, 4) is 0 Å². The summed E-state index contributed by atoms with van der Waals surface area (Å²) in [5.41, 5.74) is 11.9. The van der Waals surface area contributed by atoms with Crippen LogP contribution < -0.4 is 16.8 Å². The van der Waals surface area contributed by atoms with Crippen LogP contribution in [-0.4, -0.2) is 66.8 Å². The third kappa shape index (κ3) is 5.90. The molecule has 0 radical (unpaired) electrons. The van der Waals surface area contributed by atoms with Crippen LogP contribution in [0.25, 0.3) is 0 Å². The lowest BCUT2D eigenvalue weighted by atomic mass is 9.78. The van der Waals surface area contributed by atoms with Gasteiger partial charge in [0.05, 0.1) is 22.9 Å². The summed E-state index contributed by atoms with van der Waals surface area (Å²) in [6.07, 6.45) is 11.7. The number of nitrogens with one attached hydrogen (secondary N) is 2. The molecular weight excluding hydrogens is 438 g/mol. The van der Waals surface area contributed by atoms with Gasteiger partial charge < -0.3 is 16.8 Å². The van der Waals surface area contributed by atoms with E-state index in [1.165, 1.54) is 0 Å². The molecule has 4 aliphatic rings. The Hall–Kier alpha value is -1.19. The molecule has 0 bridgehead atoms. The molecule has 0 spiro atoms. The summed E-state index contributed by atoms with van der Waals surface area (Å²) in [5, 5.41) is 11.0. The Morgan fingerprint density at radius 1 is 0.970 bits per heavy atom. The summed E-state index contributed by atoms with van der Waals surface area (Å²) in [5.74, 6) is 0.779. The van der Waals surface area contributed by atoms with Crippen LogP contribution >= 0.6 is 0 Å². The maximum atomic E-state index is 13.4. The van der Waals surface area contributed by atoms with Crippen molar-refractivity contribution in [1.82, 2.24) is 10.2 Å². The minimum atomic E-state index is -3.18. The first kappa shape index (κ1) is 24.9. The van der Waals surface area contributed by atoms with Crippen LogP contribution in [0.3, 0.4) is 0 Å². The van der Waals surface area contributed by atoms with Crippen LogP contribution in [0.4, 0.5) is 0 Å². The fraction of sp³-hybridized carbons (Fsp3) is 0.917. The van der Waals surface area contributed by atoms with Gasteiger partial charge in [0.15, 0.2) is 9.84 Å². The van der Waals surface area contributed by atoms with Crippen LogP contribution in [0.15, 0.2) is 0 Å². The standard InChI is InChI=1S/C24H43N5O3S/c25-18-8-10-19(11-9-18)28-24(30)22-14-16-6-7-17(23(26)27)15-21(16)29(22)12-13-33(31,32)20-4-2-1-3-5-20/h16-22H,1-15,25H2,(H3,26,27)(H,28,30). The zero-order valence-electron chi connectivity index (χ0n) is 19.9. The first-order chi connectivity index (χ1) is 15.7. The molecule has 6 N–H and O–H groups in total. The Balaban J connectivity index is 1.45. The van der Waals surface area contributed by atoms with Gasteiger partial charge in [0.1, 0.15) is 0 Å². The van der Waals surface area contributed by atoms with Crippen molar-refractivity contribution in [3.05, 3.63) is 0 Å². The van der Waals surface area contributed by atoms with Gasteiger partial charge >= 0.3 is 0 Å². The number of rotatable bonds is 7. The van der Waals surface area contributed by atoms with E-state index in [1.807, 2.05) is 0 Å². The quantitative estimate of drug-likeness (QED) is 0.323. The number of carbonyl (C=O) groups is 1. The average Bonchev–Trinajstić information content (AvgIpc) is 3.18. The fourth-order valence-corrected chi connectivity index (χ4v) is 8.64. The second-order valence-electron chi connectivity index (χ2n) is 11.0. The van der Waals surface area contributed by atoms with Gasteiger partial charge in [-0.2, -0.15) is 0 Å². The lowest BCUT2D eigenvalue weighted by Crippen LogP contribution is -2.52. The number of hydrogen-bond donors (Lipinski definition) is 4. The molecule has 1 saturated heterocycles. The normalized spacial score (nSPS) is 36.3. The molecule has 4 unspecified atom stereocenters. The lowest BCUT2D eigenvalue weighted by molar-refractivity contribution is -0.126. The Morgan fingerprint density at radius 2 is 1.67 bits per heavy atom. The summed E-state index contributed by atoms with van der Waals surface area (Å²) in [4.78, 5) is 15.6. The second-order valence-corrected chi connectivity index (χ2v) is 13.4. The summed E-state index contributed by atoms with van der Waals surface area (Å²) in [6, 6.07) is 0.239. The molecule has 0 aromatic heterocycles. The number of fused-ring (bicyclic) bond motifs is 1. The van der Waals surface area contributed by atoms with Crippen LogP contribution in [0, 0.1) is 17.2 Å². The number of hydrogen-bond acceptors (Lipinski definition) is 6. The zero-order valence-corrected chi connectivity index (χ0v) is 20.7. The van der Waals surface area contributed by atoms with Gasteiger partial charge in [0.2, 0.25) is 5.91 Å². The first-order valence-electron chi connectivity index (χ1n) is 13.1. The summed E-state index contributed by atoms with van der Waals surface area (Å²) >= 11 is 0. The van der Waals surface area contributed by atoms with Crippen molar-refractivity contribution in [2.75, 3.05) is 12.3 Å². The third-order valence-corrected chi connectivity index (χ3v) is 11.1. The number of carbonyl (C=O) groups excluding carboxylic acids is 1. The molecule has 1 amide bonds. The first-order valence-corrected chi connectivity index (χ1v) is 14.8. The number of nitrogens with two attached hydrogens (primary N) is 2. The van der Waals surface area contributed by atoms with E-state index < -0.39 is 9.84 Å². The van der Waals surface area contributed by atoms with Crippen molar-refractivity contribution < 1.29 is 13.2 Å². The predicted octanol–water partition coefficient (Wildman–Crippen LogP) is 1.92. The summed E-state index contributed by atoms with van der Waals surface area (Å²) < 4.78 is 26.2. The van der Waals surface area contributed by atoms with Crippen LogP contribution in [0.5, 0.6) is 0 Å². The molecule has 0 aromatic rings. The van der Waals surface area contributed by atoms with Gasteiger partial charge in [-0.3, -0.25) is 15.1 Å². The van der Waals surface area contributed by atoms with E-state index in [-0.39, 0.29) is 52.8 Å². The van der Waals surface area contributed by atoms with Gasteiger partial charge in [-0.1, -0.05) is 19.3 Å². The van der Waals surface area contributed by atoms with E-state index in [0.29, 0.717) is 12.5 Å². The Bertz CT molecular complexity index is 805. The SMILES string of the molecule is N=C(N)C1CCC2CC(C(=O)NC3CCC(N)CC3)N(CCS(=O)(=O)C3CCCCC3)C2C1. The van der Waals surface area contributed by atoms with Gasteiger partial charge in [0.25, 0.3) is 0 Å². The van der Waals surface area contributed by atoms with Gasteiger partial charge in [-0.05, 0) is 70.1 Å². The molecule has 0 aromatic carbocycles. The number of amidine groups is 1. The lowest BCUT2D eigenvalue weighted by Gasteiger charge is -2.37. The summed E-state index contributed by atoms with van der Waals surface area (Å²) in [7, 11) is -3.18. The van der Waals surface area contributed by atoms with Crippen LogP contribution in [0.2, 0.25) is 0 Å². The maximum Gasteiger partial charge on any atom is 0.237 e. The molecule has 3 saturated carbocycles. The molecule has 4 rings (SSSR count). The van der Waals surface area contributed by atoms with Crippen molar-refractivity contribution in [3.63, 3.8) is 0 Å². The van der Waals surface area contributed by atoms with E-state index in [2.05, 4.69) is 10.2 Å². The number of amides is 1. The van der Waals surface area contributed by atoms with Gasteiger partial charge in [-0.15, -0.1) is 0 Å². The highest BCUT2D eigenvalue weighted by molar-refractivity contribution is 7.92. The predicted molar refractivity (Wildman–Crippen MR) is 131 cm³/mol. The molecule has 9 heteroatoms. The van der Waals surface area contributed by atoms with E-state index >= 15 is 0 Å². The Kier molecular flexibility index (Phi) is 8.01. The number of nitrogens with zero attached hydrogens (tertiary/aromatic N) is 1. The highest BCUT2D eigenvalue weighted by Gasteiger charge is 2.48. The van der Waals surface area contributed by atoms with Crippen molar-refractivity contribution in [1.29, 1.82) is 5.41 Å². The van der Waals surface area contributed by atoms with Crippen molar-refractivity contribution >= 4 is 21.6 Å². The zero-order chi connectivity index (χ0) is 23.6. The maximum absolute atomic E-state index is 13.4. The molecule has 1 heterocycles. The van der Waals surface area contributed by atoms with E-state index in [9.17, 15) is 13.2 Å². The Morgan fingerprint density at radius 3 is 2.33 bits per heavy atom. The van der Waals surface area contributed by atoms with Crippen molar-refractivity contribution in [2.45, 2.75) is 113 Å². The highest BCUT2D eigenvalue weighted by Crippen LogP contribution is 2.42. The van der Waals surface area contributed by atoms with E-state index in [1.54, 1.807) is 0 Å². The molecule has 33 heavy (non-hydrogen) atoms. The third-order valence-electron chi connectivity index (χ3n) is 8.86. The number of sulfone groups is 1. The second kappa shape index (κ2) is 10.6. The van der Waals surface area contributed by atoms with E-state index in [4.69, 9.17) is 16.9 Å². The van der Waals surface area contributed by atoms with Crippen LogP contribution in [-0.2, 0) is 14.6 Å². The fourth-order valence-electron chi connectivity index (χ4n) is 6.79. The van der Waals surface area contributed by atoms with Crippen LogP contribution in [0.1, 0.15) is 83.5 Å². The molecule has 3 aliphatic carbocycles. The smallest absolute Gasteiger partial charge is 0.237 e. The largest absolute Gasteiger partial charge is 0.387 e. The molecule has 1 aliphatic heterocycles. The molecule has 8 nitrogen and oxygen atoms in total. The summed E-state index contributed by atoms with van der Waals surface area (Å²) in [6.45, 7) is 0.401. The van der Waals surface area contributed by atoms with E-state index in [0.717, 1.165) is 83.5 Å². The van der Waals surface area contributed by atoms with Crippen molar-refractivity contribution in [2.24, 2.45) is 23.3 Å². The molecule has 188 valence electrons. The highest BCUT2D eigenvalue weighted by atomic mass is 32.2. The van der Waals surface area contributed by atoms with Gasteiger partial charge in [-0.25, -0.2) is 8.42 Å². The average molecular weight is 482 g/mol. The topological polar surface area (TPSA) is 142 Å². The molecule has 4 atom stereocenters. The monoisotopic (exact) mass is 481 g/mol. The molecule has 4 fully saturated rings.